The highest BCUT2D eigenvalue weighted by molar-refractivity contribution is 5.92. The van der Waals surface area contributed by atoms with E-state index < -0.39 is 0 Å². The first-order valence-corrected chi connectivity index (χ1v) is 6.90. The minimum Gasteiger partial charge on any atom is -0.325 e. The molecular weight excluding hydrogens is 243 g/mol. The number of hydrogen-bond acceptors (Lipinski definition) is 2. The molecule has 0 unspecified atom stereocenters. The first kappa shape index (κ1) is 14.0. The van der Waals surface area contributed by atoms with Gasteiger partial charge in [-0.2, -0.15) is 0 Å². The van der Waals surface area contributed by atoms with Crippen molar-refractivity contribution in [1.82, 2.24) is 5.32 Å². The molecule has 1 aliphatic carbocycles. The maximum atomic E-state index is 13.0. The number of nitrogens with one attached hydrogen (secondary N) is 2. The van der Waals surface area contributed by atoms with Crippen LogP contribution in [0.2, 0.25) is 0 Å². The van der Waals surface area contributed by atoms with Gasteiger partial charge in [0.25, 0.3) is 0 Å². The molecule has 0 aliphatic heterocycles. The molecule has 2 N–H and O–H groups in total. The lowest BCUT2D eigenvalue weighted by atomic mass is 10.0. The zero-order valence-electron chi connectivity index (χ0n) is 11.3. The molecule has 0 bridgehead atoms. The van der Waals surface area contributed by atoms with Crippen LogP contribution in [0.25, 0.3) is 0 Å². The molecule has 4 heteroatoms. The summed E-state index contributed by atoms with van der Waals surface area (Å²) in [6.07, 6.45) is 4.95. The fraction of sp³-hybridized carbons (Fsp3) is 0.533. The lowest BCUT2D eigenvalue weighted by molar-refractivity contribution is -0.115. The second-order valence-electron chi connectivity index (χ2n) is 5.41. The van der Waals surface area contributed by atoms with E-state index in [1.807, 2.05) is 0 Å². The molecule has 0 radical (unpaired) electrons. The third-order valence-corrected chi connectivity index (χ3v) is 3.63. The number of benzene rings is 1. The third kappa shape index (κ3) is 4.31. The molecular formula is C15H21FN2O. The molecule has 1 amide bonds. The van der Waals surface area contributed by atoms with Gasteiger partial charge in [0.05, 0.1) is 6.54 Å². The van der Waals surface area contributed by atoms with Crippen molar-refractivity contribution >= 4 is 11.6 Å². The molecule has 3 nitrogen and oxygen atoms in total. The molecule has 19 heavy (non-hydrogen) atoms. The minimum atomic E-state index is -0.342. The maximum Gasteiger partial charge on any atom is 0.238 e. The zero-order chi connectivity index (χ0) is 13.7. The van der Waals surface area contributed by atoms with Crippen molar-refractivity contribution in [2.75, 3.05) is 18.4 Å². The number of halogens is 1. The predicted molar refractivity (Wildman–Crippen MR) is 74.5 cm³/mol. The summed E-state index contributed by atoms with van der Waals surface area (Å²) >= 11 is 0. The van der Waals surface area contributed by atoms with E-state index in [-0.39, 0.29) is 18.3 Å². The van der Waals surface area contributed by atoms with Gasteiger partial charge in [0.2, 0.25) is 5.91 Å². The van der Waals surface area contributed by atoms with Crippen LogP contribution in [0.1, 0.15) is 32.6 Å². The van der Waals surface area contributed by atoms with Crippen molar-refractivity contribution in [2.45, 2.75) is 32.6 Å². The summed E-state index contributed by atoms with van der Waals surface area (Å²) in [5.74, 6) is -0.469. The van der Waals surface area contributed by atoms with E-state index in [2.05, 4.69) is 17.6 Å². The summed E-state index contributed by atoms with van der Waals surface area (Å²) < 4.78 is 13.0. The number of hydrogen-bond donors (Lipinski definition) is 2. The van der Waals surface area contributed by atoms with E-state index in [0.717, 1.165) is 6.54 Å². The highest BCUT2D eigenvalue weighted by Crippen LogP contribution is 2.48. The Morgan fingerprint density at radius 3 is 2.84 bits per heavy atom. The normalized spacial score (nSPS) is 16.1. The van der Waals surface area contributed by atoms with Crippen LogP contribution in [0.15, 0.2) is 24.3 Å². The van der Waals surface area contributed by atoms with Crippen LogP contribution in [0.5, 0.6) is 0 Å². The van der Waals surface area contributed by atoms with Crippen molar-refractivity contribution < 1.29 is 9.18 Å². The van der Waals surface area contributed by atoms with Crippen LogP contribution >= 0.6 is 0 Å². The highest BCUT2D eigenvalue weighted by Gasteiger charge is 2.40. The van der Waals surface area contributed by atoms with Crippen LogP contribution in [-0.2, 0) is 4.79 Å². The molecule has 1 saturated carbocycles. The van der Waals surface area contributed by atoms with Crippen LogP contribution < -0.4 is 10.6 Å². The number of rotatable bonds is 7. The Bertz CT molecular complexity index is 444. The maximum absolute atomic E-state index is 13.0. The number of carbonyl (C=O) groups excluding carboxylic acids is 1. The van der Waals surface area contributed by atoms with Gasteiger partial charge in [-0.05, 0) is 42.9 Å². The van der Waals surface area contributed by atoms with E-state index in [1.54, 1.807) is 12.1 Å². The zero-order valence-corrected chi connectivity index (χ0v) is 11.3. The molecule has 1 aromatic carbocycles. The second kappa shape index (κ2) is 6.15. The lowest BCUT2D eigenvalue weighted by Gasteiger charge is -2.14. The number of anilines is 1. The molecule has 0 atom stereocenters. The van der Waals surface area contributed by atoms with Gasteiger partial charge >= 0.3 is 0 Å². The van der Waals surface area contributed by atoms with Crippen molar-refractivity contribution in [2.24, 2.45) is 5.41 Å². The highest BCUT2D eigenvalue weighted by atomic mass is 19.1. The Morgan fingerprint density at radius 2 is 2.21 bits per heavy atom. The van der Waals surface area contributed by atoms with Crippen molar-refractivity contribution in [1.29, 1.82) is 0 Å². The molecule has 0 heterocycles. The van der Waals surface area contributed by atoms with Gasteiger partial charge in [0.15, 0.2) is 0 Å². The number of amides is 1. The SMILES string of the molecule is CCCC1(CNCC(=O)Nc2cccc(F)c2)CC1. The monoisotopic (exact) mass is 264 g/mol. The summed E-state index contributed by atoms with van der Waals surface area (Å²) in [6, 6.07) is 5.94. The van der Waals surface area contributed by atoms with Crippen molar-refractivity contribution in [3.8, 4) is 0 Å². The van der Waals surface area contributed by atoms with Gasteiger partial charge in [-0.25, -0.2) is 4.39 Å². The molecule has 0 spiro atoms. The Morgan fingerprint density at radius 1 is 1.42 bits per heavy atom. The molecule has 104 valence electrons. The summed E-state index contributed by atoms with van der Waals surface area (Å²) in [4.78, 5) is 11.7. The summed E-state index contributed by atoms with van der Waals surface area (Å²) in [6.45, 7) is 3.37. The fourth-order valence-corrected chi connectivity index (χ4v) is 2.43. The Hall–Kier alpha value is -1.42. The van der Waals surface area contributed by atoms with Crippen LogP contribution in [0, 0.1) is 11.2 Å². The molecule has 0 aromatic heterocycles. The van der Waals surface area contributed by atoms with Crippen LogP contribution in [0.3, 0.4) is 0 Å². The lowest BCUT2D eigenvalue weighted by Crippen LogP contribution is -2.32. The van der Waals surface area contributed by atoms with Crippen molar-refractivity contribution in [3.63, 3.8) is 0 Å². The fourth-order valence-electron chi connectivity index (χ4n) is 2.43. The molecule has 0 saturated heterocycles. The molecule has 1 aliphatic rings. The van der Waals surface area contributed by atoms with Gasteiger partial charge in [-0.3, -0.25) is 4.79 Å². The van der Waals surface area contributed by atoms with E-state index in [1.165, 1.54) is 37.8 Å². The van der Waals surface area contributed by atoms with E-state index in [0.29, 0.717) is 11.1 Å². The second-order valence-corrected chi connectivity index (χ2v) is 5.41. The largest absolute Gasteiger partial charge is 0.325 e. The third-order valence-electron chi connectivity index (χ3n) is 3.63. The summed E-state index contributed by atoms with van der Waals surface area (Å²) in [5.41, 5.74) is 0.940. The summed E-state index contributed by atoms with van der Waals surface area (Å²) in [7, 11) is 0. The first-order chi connectivity index (χ1) is 9.13. The summed E-state index contributed by atoms with van der Waals surface area (Å²) in [5, 5.41) is 5.88. The van der Waals surface area contributed by atoms with Gasteiger partial charge in [0.1, 0.15) is 5.82 Å². The molecule has 2 rings (SSSR count). The van der Waals surface area contributed by atoms with Gasteiger partial charge in [-0.1, -0.05) is 19.4 Å². The standard InChI is InChI=1S/C15H21FN2O/c1-2-6-15(7-8-15)11-17-10-14(19)18-13-5-3-4-12(16)9-13/h3-5,9,17H,2,6-8,10-11H2,1H3,(H,18,19). The Kier molecular flexibility index (Phi) is 4.53. The van der Waals surface area contributed by atoms with Gasteiger partial charge in [0, 0.05) is 12.2 Å². The van der Waals surface area contributed by atoms with Gasteiger partial charge in [-0.15, -0.1) is 0 Å². The first-order valence-electron chi connectivity index (χ1n) is 6.90. The minimum absolute atomic E-state index is 0.127. The van der Waals surface area contributed by atoms with E-state index >= 15 is 0 Å². The number of carbonyl (C=O) groups is 1. The topological polar surface area (TPSA) is 41.1 Å². The van der Waals surface area contributed by atoms with Crippen molar-refractivity contribution in [3.05, 3.63) is 30.1 Å². The Balaban J connectivity index is 1.70. The average molecular weight is 264 g/mol. The average Bonchev–Trinajstić information content (AvgIpc) is 3.09. The Labute approximate surface area is 113 Å². The van der Waals surface area contributed by atoms with Gasteiger partial charge < -0.3 is 10.6 Å². The smallest absolute Gasteiger partial charge is 0.238 e. The predicted octanol–water partition coefficient (Wildman–Crippen LogP) is 2.93. The van der Waals surface area contributed by atoms with Crippen LogP contribution in [-0.4, -0.2) is 19.0 Å². The quantitative estimate of drug-likeness (QED) is 0.795. The molecule has 1 aromatic rings. The van der Waals surface area contributed by atoms with E-state index in [9.17, 15) is 9.18 Å². The van der Waals surface area contributed by atoms with Crippen LogP contribution in [0.4, 0.5) is 10.1 Å². The molecule has 1 fully saturated rings. The van der Waals surface area contributed by atoms with E-state index in [4.69, 9.17) is 0 Å².